The predicted molar refractivity (Wildman–Crippen MR) is 103 cm³/mol. The van der Waals surface area contributed by atoms with Crippen molar-refractivity contribution in [1.82, 2.24) is 0 Å². The molecule has 2 aromatic rings. The van der Waals surface area contributed by atoms with Gasteiger partial charge in [0.2, 0.25) is 0 Å². The molecule has 1 N–H and O–H groups in total. The van der Waals surface area contributed by atoms with E-state index in [9.17, 15) is 9.18 Å². The van der Waals surface area contributed by atoms with E-state index in [4.69, 9.17) is 19.5 Å². The van der Waals surface area contributed by atoms with Crippen LogP contribution in [0.3, 0.4) is 0 Å². The third-order valence-corrected chi connectivity index (χ3v) is 3.80. The number of nitriles is 1. The van der Waals surface area contributed by atoms with E-state index in [2.05, 4.69) is 5.32 Å². The molecular formula is C21H23FN2O4. The molecule has 1 unspecified atom stereocenters. The molecule has 1 atom stereocenters. The largest absolute Gasteiger partial charge is 0.490 e. The van der Waals surface area contributed by atoms with Crippen molar-refractivity contribution in [3.63, 3.8) is 0 Å². The second-order valence-electron chi connectivity index (χ2n) is 6.21. The molecule has 0 fully saturated rings. The minimum absolute atomic E-state index is 0.0405. The Balaban J connectivity index is 2.39. The van der Waals surface area contributed by atoms with Gasteiger partial charge in [0.1, 0.15) is 11.9 Å². The summed E-state index contributed by atoms with van der Waals surface area (Å²) in [6, 6.07) is 10.0. The SMILES string of the molecule is CCOc1cc(C(Nc2ccc(C#N)c(F)c2)C(=O)OC)ccc1OC(C)C. The first-order chi connectivity index (χ1) is 13.4. The standard InChI is InChI=1S/C21H23FN2O4/c1-5-27-19-10-14(7-9-18(19)28-13(2)3)20(21(25)26-4)24-16-8-6-15(12-23)17(22)11-16/h6-11,13,20,24H,5H2,1-4H3. The lowest BCUT2D eigenvalue weighted by atomic mass is 10.1. The number of methoxy groups -OCH3 is 1. The van der Waals surface area contributed by atoms with Gasteiger partial charge in [-0.05, 0) is 56.7 Å². The quantitative estimate of drug-likeness (QED) is 0.685. The zero-order valence-corrected chi connectivity index (χ0v) is 16.3. The Morgan fingerprint density at radius 1 is 1.21 bits per heavy atom. The molecule has 0 aliphatic carbocycles. The number of benzene rings is 2. The van der Waals surface area contributed by atoms with E-state index in [1.165, 1.54) is 19.2 Å². The first kappa shape index (κ1) is 21.0. The van der Waals surface area contributed by atoms with Crippen molar-refractivity contribution < 1.29 is 23.4 Å². The number of nitrogens with one attached hydrogen (secondary N) is 1. The summed E-state index contributed by atoms with van der Waals surface area (Å²) in [6.45, 7) is 6.08. The highest BCUT2D eigenvalue weighted by molar-refractivity contribution is 5.81. The highest BCUT2D eigenvalue weighted by atomic mass is 19.1. The first-order valence-corrected chi connectivity index (χ1v) is 8.87. The van der Waals surface area contributed by atoms with Crippen LogP contribution in [0.15, 0.2) is 36.4 Å². The Labute approximate surface area is 163 Å². The van der Waals surface area contributed by atoms with E-state index >= 15 is 0 Å². The summed E-state index contributed by atoms with van der Waals surface area (Å²) in [5.41, 5.74) is 0.831. The smallest absolute Gasteiger partial charge is 0.332 e. The number of hydrogen-bond acceptors (Lipinski definition) is 6. The third kappa shape index (κ3) is 5.13. The molecule has 0 aliphatic rings. The summed E-state index contributed by atoms with van der Waals surface area (Å²) >= 11 is 0. The number of hydrogen-bond donors (Lipinski definition) is 1. The Morgan fingerprint density at radius 2 is 1.96 bits per heavy atom. The van der Waals surface area contributed by atoms with Crippen molar-refractivity contribution in [2.24, 2.45) is 0 Å². The number of nitrogens with zero attached hydrogens (tertiary/aromatic N) is 1. The van der Waals surface area contributed by atoms with Crippen LogP contribution in [0, 0.1) is 17.1 Å². The van der Waals surface area contributed by atoms with Crippen molar-refractivity contribution in [3.8, 4) is 17.6 Å². The van der Waals surface area contributed by atoms with E-state index in [1.807, 2.05) is 20.8 Å². The highest BCUT2D eigenvalue weighted by Gasteiger charge is 2.23. The minimum Gasteiger partial charge on any atom is -0.490 e. The zero-order valence-electron chi connectivity index (χ0n) is 16.3. The van der Waals surface area contributed by atoms with Crippen molar-refractivity contribution in [3.05, 3.63) is 53.3 Å². The summed E-state index contributed by atoms with van der Waals surface area (Å²) in [5.74, 6) is -0.166. The Hall–Kier alpha value is -3.27. The lowest BCUT2D eigenvalue weighted by molar-refractivity contribution is -0.141. The normalized spacial score (nSPS) is 11.5. The molecule has 0 aliphatic heterocycles. The fourth-order valence-electron chi connectivity index (χ4n) is 2.58. The molecular weight excluding hydrogens is 363 g/mol. The van der Waals surface area contributed by atoms with Gasteiger partial charge in [0, 0.05) is 5.69 Å². The number of halogens is 1. The summed E-state index contributed by atoms with van der Waals surface area (Å²) < 4.78 is 30.2. The average molecular weight is 386 g/mol. The van der Waals surface area contributed by atoms with E-state index < -0.39 is 17.8 Å². The second kappa shape index (κ2) is 9.60. The molecule has 0 saturated heterocycles. The summed E-state index contributed by atoms with van der Waals surface area (Å²) in [6.07, 6.45) is -0.0405. The summed E-state index contributed by atoms with van der Waals surface area (Å²) in [4.78, 5) is 12.4. The maximum atomic E-state index is 13.9. The van der Waals surface area contributed by atoms with Crippen LogP contribution >= 0.6 is 0 Å². The Bertz CT molecular complexity index is 877. The third-order valence-electron chi connectivity index (χ3n) is 3.80. The van der Waals surface area contributed by atoms with Gasteiger partial charge in [-0.25, -0.2) is 9.18 Å². The first-order valence-electron chi connectivity index (χ1n) is 8.87. The van der Waals surface area contributed by atoms with Crippen molar-refractivity contribution >= 4 is 11.7 Å². The topological polar surface area (TPSA) is 80.6 Å². The van der Waals surface area contributed by atoms with Crippen LogP contribution in [0.5, 0.6) is 11.5 Å². The van der Waals surface area contributed by atoms with Crippen LogP contribution in [-0.4, -0.2) is 25.8 Å². The maximum Gasteiger partial charge on any atom is 0.332 e. The predicted octanol–water partition coefficient (Wildman–Crippen LogP) is 4.21. The number of carbonyl (C=O) groups is 1. The van der Waals surface area contributed by atoms with Gasteiger partial charge in [0.25, 0.3) is 0 Å². The number of anilines is 1. The molecule has 7 heteroatoms. The molecule has 2 rings (SSSR count). The summed E-state index contributed by atoms with van der Waals surface area (Å²) in [5, 5.41) is 11.8. The minimum atomic E-state index is -0.898. The maximum absolute atomic E-state index is 13.9. The fraction of sp³-hybridized carbons (Fsp3) is 0.333. The number of rotatable bonds is 8. The van der Waals surface area contributed by atoms with Gasteiger partial charge in [-0.1, -0.05) is 6.07 Å². The molecule has 0 saturated carbocycles. The lowest BCUT2D eigenvalue weighted by Gasteiger charge is -2.21. The van der Waals surface area contributed by atoms with Gasteiger partial charge < -0.3 is 19.5 Å². The van der Waals surface area contributed by atoms with Gasteiger partial charge in [-0.2, -0.15) is 5.26 Å². The summed E-state index contributed by atoms with van der Waals surface area (Å²) in [7, 11) is 1.27. The molecule has 0 heterocycles. The van der Waals surface area contributed by atoms with Crippen LogP contribution in [0.1, 0.15) is 37.9 Å². The van der Waals surface area contributed by atoms with E-state index in [0.717, 1.165) is 6.07 Å². The average Bonchev–Trinajstić information content (AvgIpc) is 2.67. The molecule has 148 valence electrons. The Morgan fingerprint density at radius 3 is 2.54 bits per heavy atom. The van der Waals surface area contributed by atoms with Gasteiger partial charge in [-0.15, -0.1) is 0 Å². The van der Waals surface area contributed by atoms with Crippen LogP contribution in [0.4, 0.5) is 10.1 Å². The van der Waals surface area contributed by atoms with Gasteiger partial charge >= 0.3 is 5.97 Å². The zero-order chi connectivity index (χ0) is 20.7. The van der Waals surface area contributed by atoms with Crippen molar-refractivity contribution in [2.45, 2.75) is 32.9 Å². The number of carbonyl (C=O) groups excluding carboxylic acids is 1. The van der Waals surface area contributed by atoms with E-state index in [-0.39, 0.29) is 11.7 Å². The number of ether oxygens (including phenoxy) is 3. The number of esters is 1. The van der Waals surface area contributed by atoms with Crippen LogP contribution in [0.25, 0.3) is 0 Å². The molecule has 0 bridgehead atoms. The molecule has 6 nitrogen and oxygen atoms in total. The molecule has 0 amide bonds. The van der Waals surface area contributed by atoms with Crippen LogP contribution in [-0.2, 0) is 9.53 Å². The van der Waals surface area contributed by atoms with Gasteiger partial charge in [0.15, 0.2) is 17.5 Å². The van der Waals surface area contributed by atoms with Gasteiger partial charge in [0.05, 0.1) is 25.4 Å². The van der Waals surface area contributed by atoms with Crippen LogP contribution in [0.2, 0.25) is 0 Å². The molecule has 2 aromatic carbocycles. The van der Waals surface area contributed by atoms with Crippen LogP contribution < -0.4 is 14.8 Å². The monoisotopic (exact) mass is 386 g/mol. The van der Waals surface area contributed by atoms with Crippen molar-refractivity contribution in [1.29, 1.82) is 5.26 Å². The lowest BCUT2D eigenvalue weighted by Crippen LogP contribution is -2.22. The van der Waals surface area contributed by atoms with Gasteiger partial charge in [-0.3, -0.25) is 0 Å². The fourth-order valence-corrected chi connectivity index (χ4v) is 2.58. The molecule has 0 radical (unpaired) electrons. The van der Waals surface area contributed by atoms with E-state index in [1.54, 1.807) is 24.3 Å². The van der Waals surface area contributed by atoms with Crippen molar-refractivity contribution in [2.75, 3.05) is 19.0 Å². The second-order valence-corrected chi connectivity index (χ2v) is 6.21. The molecule has 0 spiro atoms. The molecule has 28 heavy (non-hydrogen) atoms. The molecule has 0 aromatic heterocycles. The Kier molecular flexibility index (Phi) is 7.21. The highest BCUT2D eigenvalue weighted by Crippen LogP contribution is 2.33. The van der Waals surface area contributed by atoms with E-state index in [0.29, 0.717) is 29.4 Å².